The number of methoxy groups -OCH3 is 1. The van der Waals surface area contributed by atoms with Crippen LogP contribution in [-0.4, -0.2) is 25.0 Å². The predicted octanol–water partition coefficient (Wildman–Crippen LogP) is 7.33. The first-order valence-corrected chi connectivity index (χ1v) is 13.9. The van der Waals surface area contributed by atoms with Crippen LogP contribution in [0.15, 0.2) is 97.1 Å². The van der Waals surface area contributed by atoms with E-state index in [4.69, 9.17) is 14.2 Å². The molecule has 1 atom stereocenters. The van der Waals surface area contributed by atoms with Crippen molar-refractivity contribution < 1.29 is 50.1 Å². The van der Waals surface area contributed by atoms with Crippen LogP contribution in [-0.2, 0) is 52.7 Å². The third-order valence-corrected chi connectivity index (χ3v) is 6.76. The molecule has 0 radical (unpaired) electrons. The van der Waals surface area contributed by atoms with Gasteiger partial charge < -0.3 is 19.5 Å². The van der Waals surface area contributed by atoms with Crippen LogP contribution < -0.4 is 14.8 Å². The molecule has 0 unspecified atom stereocenters. The molecule has 0 saturated carbocycles. The van der Waals surface area contributed by atoms with Crippen molar-refractivity contribution in [3.8, 4) is 11.5 Å². The van der Waals surface area contributed by atoms with Crippen LogP contribution in [0.25, 0.3) is 0 Å². The second kappa shape index (κ2) is 14.9. The van der Waals surface area contributed by atoms with Crippen LogP contribution in [0, 0.1) is 0 Å². The number of carbonyl (C=O) groups is 2. The topological polar surface area (TPSA) is 73.9 Å². The standard InChI is InChI=1S/C34H29F6NO5/c1-44-32(43)28(41-31(42)18-25-14-26(33(35,36)37)19-27(15-25)34(38,39)40)16-24-12-13-29(45-20-22-8-4-2-5-9-22)30(17-24)46-21-23-10-6-3-7-11-23/h2-15,17,19,28H,16,18,20-21H2,1H3,(H,41,42)/t28-/m0/s1. The Labute approximate surface area is 260 Å². The van der Waals surface area contributed by atoms with Gasteiger partial charge in [-0.25, -0.2) is 4.79 Å². The predicted molar refractivity (Wildman–Crippen MR) is 156 cm³/mol. The average molecular weight is 646 g/mol. The van der Waals surface area contributed by atoms with Crippen molar-refractivity contribution >= 4 is 11.9 Å². The van der Waals surface area contributed by atoms with Gasteiger partial charge in [0, 0.05) is 6.42 Å². The van der Waals surface area contributed by atoms with Crippen molar-refractivity contribution in [1.82, 2.24) is 5.32 Å². The fraction of sp³-hybridized carbons (Fsp3) is 0.235. The molecule has 0 spiro atoms. The molecule has 46 heavy (non-hydrogen) atoms. The SMILES string of the molecule is COC(=O)[C@H](Cc1ccc(OCc2ccccc2)c(OCc2ccccc2)c1)NC(=O)Cc1cc(C(F)(F)F)cc(C(F)(F)F)c1. The molecule has 0 bridgehead atoms. The summed E-state index contributed by atoms with van der Waals surface area (Å²) < 4.78 is 96.5. The van der Waals surface area contributed by atoms with E-state index in [0.717, 1.165) is 18.2 Å². The van der Waals surface area contributed by atoms with Gasteiger partial charge in [-0.05, 0) is 52.6 Å². The van der Waals surface area contributed by atoms with Gasteiger partial charge in [0.25, 0.3) is 0 Å². The number of nitrogens with one attached hydrogen (secondary N) is 1. The fourth-order valence-corrected chi connectivity index (χ4v) is 4.51. The number of rotatable bonds is 12. The van der Waals surface area contributed by atoms with Crippen molar-refractivity contribution in [1.29, 1.82) is 0 Å². The lowest BCUT2D eigenvalue weighted by Crippen LogP contribution is -2.43. The summed E-state index contributed by atoms with van der Waals surface area (Å²) in [6, 6.07) is 23.2. The summed E-state index contributed by atoms with van der Waals surface area (Å²) in [6.45, 7) is 0.439. The highest BCUT2D eigenvalue weighted by Gasteiger charge is 2.37. The Kier molecular flexibility index (Phi) is 10.9. The number of esters is 1. The first kappa shape index (κ1) is 33.9. The molecule has 12 heteroatoms. The van der Waals surface area contributed by atoms with Crippen LogP contribution in [0.3, 0.4) is 0 Å². The second-order valence-electron chi connectivity index (χ2n) is 10.3. The lowest BCUT2D eigenvalue weighted by atomic mass is 10.0. The molecular weight excluding hydrogens is 616 g/mol. The average Bonchev–Trinajstić information content (AvgIpc) is 3.02. The number of alkyl halides is 6. The van der Waals surface area contributed by atoms with Gasteiger partial charge in [0.2, 0.25) is 5.91 Å². The normalized spacial score (nSPS) is 12.2. The quantitative estimate of drug-likeness (QED) is 0.129. The molecule has 1 amide bonds. The summed E-state index contributed by atoms with van der Waals surface area (Å²) >= 11 is 0. The van der Waals surface area contributed by atoms with Crippen molar-refractivity contribution in [3.05, 3.63) is 130 Å². The summed E-state index contributed by atoms with van der Waals surface area (Å²) in [5.74, 6) is -1.10. The number of hydrogen-bond donors (Lipinski definition) is 1. The Morgan fingerprint density at radius 2 is 1.17 bits per heavy atom. The first-order valence-electron chi connectivity index (χ1n) is 13.9. The van der Waals surface area contributed by atoms with Gasteiger partial charge in [0.05, 0.1) is 24.7 Å². The summed E-state index contributed by atoms with van der Waals surface area (Å²) in [7, 11) is 1.08. The number of benzene rings is 4. The Morgan fingerprint density at radius 3 is 1.67 bits per heavy atom. The smallest absolute Gasteiger partial charge is 0.416 e. The Balaban J connectivity index is 1.54. The number of ether oxygens (including phenoxy) is 3. The summed E-state index contributed by atoms with van der Waals surface area (Å²) in [5, 5.41) is 2.37. The van der Waals surface area contributed by atoms with Gasteiger partial charge in [-0.1, -0.05) is 66.7 Å². The maximum absolute atomic E-state index is 13.3. The molecule has 0 saturated heterocycles. The minimum atomic E-state index is -5.07. The monoisotopic (exact) mass is 645 g/mol. The van der Waals surface area contributed by atoms with Crippen molar-refractivity contribution in [2.75, 3.05) is 7.11 Å². The molecule has 0 aliphatic rings. The molecular formula is C34H29F6NO5. The van der Waals surface area contributed by atoms with Crippen molar-refractivity contribution in [2.24, 2.45) is 0 Å². The Morgan fingerprint density at radius 1 is 0.652 bits per heavy atom. The lowest BCUT2D eigenvalue weighted by molar-refractivity contribution is -0.145. The molecule has 6 nitrogen and oxygen atoms in total. The van der Waals surface area contributed by atoms with Crippen LogP contribution in [0.4, 0.5) is 26.3 Å². The molecule has 0 aromatic heterocycles. The lowest BCUT2D eigenvalue weighted by Gasteiger charge is -2.19. The molecule has 4 rings (SSSR count). The van der Waals surface area contributed by atoms with Gasteiger partial charge in [-0.2, -0.15) is 26.3 Å². The van der Waals surface area contributed by atoms with Gasteiger partial charge in [-0.15, -0.1) is 0 Å². The third-order valence-electron chi connectivity index (χ3n) is 6.76. The van der Waals surface area contributed by atoms with E-state index in [-0.39, 0.29) is 25.7 Å². The number of hydrogen-bond acceptors (Lipinski definition) is 5. The van der Waals surface area contributed by atoms with Gasteiger partial charge in [0.15, 0.2) is 11.5 Å². The van der Waals surface area contributed by atoms with E-state index in [1.807, 2.05) is 60.7 Å². The van der Waals surface area contributed by atoms with Crippen LogP contribution >= 0.6 is 0 Å². The van der Waals surface area contributed by atoms with Crippen molar-refractivity contribution in [3.63, 3.8) is 0 Å². The van der Waals surface area contributed by atoms with Crippen LogP contribution in [0.5, 0.6) is 11.5 Å². The van der Waals surface area contributed by atoms with Crippen molar-refractivity contribution in [2.45, 2.75) is 44.4 Å². The van der Waals surface area contributed by atoms with Crippen LogP contribution in [0.1, 0.15) is 33.4 Å². The fourth-order valence-electron chi connectivity index (χ4n) is 4.51. The summed E-state index contributed by atoms with van der Waals surface area (Å²) in [5.41, 5.74) is -1.33. The van der Waals surface area contributed by atoms with Gasteiger partial charge in [-0.3, -0.25) is 4.79 Å². The second-order valence-corrected chi connectivity index (χ2v) is 10.3. The molecule has 4 aromatic rings. The zero-order valence-electron chi connectivity index (χ0n) is 24.5. The molecule has 4 aromatic carbocycles. The number of halogens is 6. The largest absolute Gasteiger partial charge is 0.485 e. The molecule has 0 heterocycles. The Bertz CT molecular complexity index is 1590. The highest BCUT2D eigenvalue weighted by Crippen LogP contribution is 2.36. The maximum atomic E-state index is 13.3. The van der Waals surface area contributed by atoms with E-state index in [2.05, 4.69) is 5.32 Å². The molecule has 0 fully saturated rings. The van der Waals surface area contributed by atoms with Crippen LogP contribution in [0.2, 0.25) is 0 Å². The molecule has 0 aliphatic carbocycles. The maximum Gasteiger partial charge on any atom is 0.416 e. The molecule has 0 aliphatic heterocycles. The van der Waals surface area contributed by atoms with E-state index in [1.165, 1.54) is 0 Å². The van der Waals surface area contributed by atoms with E-state index in [0.29, 0.717) is 29.2 Å². The summed E-state index contributed by atoms with van der Waals surface area (Å²) in [6.07, 6.45) is -11.1. The van der Waals surface area contributed by atoms with Gasteiger partial charge >= 0.3 is 18.3 Å². The highest BCUT2D eigenvalue weighted by molar-refractivity contribution is 5.86. The van der Waals surface area contributed by atoms with E-state index >= 15 is 0 Å². The number of amides is 1. The van der Waals surface area contributed by atoms with E-state index in [9.17, 15) is 35.9 Å². The minimum absolute atomic E-state index is 0.0245. The number of carbonyl (C=O) groups excluding carboxylic acids is 2. The summed E-state index contributed by atoms with van der Waals surface area (Å²) in [4.78, 5) is 25.4. The zero-order valence-corrected chi connectivity index (χ0v) is 24.5. The van der Waals surface area contributed by atoms with E-state index in [1.54, 1.807) is 18.2 Å². The minimum Gasteiger partial charge on any atom is -0.485 e. The molecule has 1 N–H and O–H groups in total. The van der Waals surface area contributed by atoms with E-state index < -0.39 is 53.4 Å². The van der Waals surface area contributed by atoms with Gasteiger partial charge in [0.1, 0.15) is 19.3 Å². The Hall–Kier alpha value is -5.00. The third kappa shape index (κ3) is 9.75. The first-order chi connectivity index (χ1) is 21.8. The highest BCUT2D eigenvalue weighted by atomic mass is 19.4. The zero-order chi connectivity index (χ0) is 33.3. The molecule has 242 valence electrons.